The first-order chi connectivity index (χ1) is 15.1. The van der Waals surface area contributed by atoms with Crippen molar-refractivity contribution in [1.29, 1.82) is 0 Å². The molecular formula is C22H20F3N5O2. The highest BCUT2D eigenvalue weighted by Crippen LogP contribution is 2.38. The van der Waals surface area contributed by atoms with Crippen molar-refractivity contribution in [2.24, 2.45) is 0 Å². The van der Waals surface area contributed by atoms with Crippen LogP contribution in [0.25, 0.3) is 5.82 Å². The Morgan fingerprint density at radius 1 is 1.16 bits per heavy atom. The second-order valence-corrected chi connectivity index (χ2v) is 7.86. The van der Waals surface area contributed by atoms with Crippen LogP contribution in [-0.2, 0) is 6.18 Å². The van der Waals surface area contributed by atoms with Crippen molar-refractivity contribution in [2.75, 3.05) is 0 Å². The quantitative estimate of drug-likeness (QED) is 0.649. The Morgan fingerprint density at radius 3 is 2.41 bits per heavy atom. The van der Waals surface area contributed by atoms with Gasteiger partial charge in [-0.25, -0.2) is 15.0 Å². The van der Waals surface area contributed by atoms with Gasteiger partial charge in [0.2, 0.25) is 5.82 Å². The Bertz CT molecular complexity index is 1200. The number of halogens is 3. The maximum atomic E-state index is 13.0. The summed E-state index contributed by atoms with van der Waals surface area (Å²) in [6, 6.07) is 4.46. The number of carbonyl (C=O) groups excluding carboxylic acids is 1. The minimum absolute atomic E-state index is 0.104. The largest absolute Gasteiger partial charge is 0.451 e. The number of alkyl halides is 3. The summed E-state index contributed by atoms with van der Waals surface area (Å²) >= 11 is 0. The predicted octanol–water partition coefficient (Wildman–Crippen LogP) is 3.72. The Kier molecular flexibility index (Phi) is 5.53. The van der Waals surface area contributed by atoms with E-state index >= 15 is 0 Å². The first kappa shape index (κ1) is 21.7. The number of pyridine rings is 2. The summed E-state index contributed by atoms with van der Waals surface area (Å²) in [6.07, 6.45) is 2.25. The summed E-state index contributed by atoms with van der Waals surface area (Å²) in [5.41, 5.74) is 1.84. The van der Waals surface area contributed by atoms with Crippen LogP contribution in [0.3, 0.4) is 0 Å². The Hall–Kier alpha value is -3.56. The lowest BCUT2D eigenvalue weighted by Crippen LogP contribution is -2.30. The van der Waals surface area contributed by atoms with Gasteiger partial charge in [0, 0.05) is 35.9 Å². The normalized spacial score (nSPS) is 14.8. The first-order valence-corrected chi connectivity index (χ1v) is 10.0. The molecule has 3 aromatic rings. The molecule has 166 valence electrons. The number of amides is 1. The van der Waals surface area contributed by atoms with E-state index in [4.69, 9.17) is 0 Å². The molecular weight excluding hydrogens is 423 g/mol. The van der Waals surface area contributed by atoms with Crippen LogP contribution in [0.5, 0.6) is 0 Å². The van der Waals surface area contributed by atoms with Crippen molar-refractivity contribution in [3.63, 3.8) is 0 Å². The number of hydrogen-bond acceptors (Lipinski definition) is 5. The molecule has 32 heavy (non-hydrogen) atoms. The van der Waals surface area contributed by atoms with Gasteiger partial charge in [-0.15, -0.1) is 0 Å². The second-order valence-electron chi connectivity index (χ2n) is 7.86. The van der Waals surface area contributed by atoms with E-state index in [1.54, 1.807) is 25.3 Å². The number of aromatic nitrogens is 4. The summed E-state index contributed by atoms with van der Waals surface area (Å²) < 4.78 is 39.4. The van der Waals surface area contributed by atoms with Gasteiger partial charge in [0.15, 0.2) is 0 Å². The summed E-state index contributed by atoms with van der Waals surface area (Å²) in [5.74, 6) is -1.21. The fourth-order valence-corrected chi connectivity index (χ4v) is 3.26. The average Bonchev–Trinajstić information content (AvgIpc) is 3.59. The highest BCUT2D eigenvalue weighted by Gasteiger charge is 2.34. The van der Waals surface area contributed by atoms with Crippen LogP contribution in [-0.4, -0.2) is 25.4 Å². The molecule has 1 aliphatic rings. The topological polar surface area (TPSA) is 89.8 Å². The van der Waals surface area contributed by atoms with Gasteiger partial charge in [-0.3, -0.25) is 14.2 Å². The van der Waals surface area contributed by atoms with Crippen molar-refractivity contribution < 1.29 is 18.0 Å². The molecule has 0 radical (unpaired) electrons. The molecule has 0 aliphatic heterocycles. The fraction of sp³-hybridized carbons (Fsp3) is 0.318. The van der Waals surface area contributed by atoms with Crippen LogP contribution in [0.2, 0.25) is 0 Å². The van der Waals surface area contributed by atoms with E-state index in [-0.39, 0.29) is 17.0 Å². The molecule has 1 saturated carbocycles. The Morgan fingerprint density at radius 2 is 1.84 bits per heavy atom. The molecule has 0 saturated heterocycles. The molecule has 1 amide bonds. The lowest BCUT2D eigenvalue weighted by Gasteiger charge is -2.16. The van der Waals surface area contributed by atoms with Crippen molar-refractivity contribution in [1.82, 2.24) is 24.8 Å². The molecule has 4 rings (SSSR count). The van der Waals surface area contributed by atoms with Crippen LogP contribution in [0.1, 0.15) is 64.6 Å². The zero-order valence-electron chi connectivity index (χ0n) is 17.3. The third-order valence-corrected chi connectivity index (χ3v) is 5.24. The Balaban J connectivity index is 1.62. The number of carbonyl (C=O) groups is 1. The van der Waals surface area contributed by atoms with Gasteiger partial charge in [0.1, 0.15) is 5.82 Å². The monoisotopic (exact) mass is 443 g/mol. The highest BCUT2D eigenvalue weighted by atomic mass is 19.4. The van der Waals surface area contributed by atoms with Crippen molar-refractivity contribution in [3.8, 4) is 5.82 Å². The van der Waals surface area contributed by atoms with Gasteiger partial charge in [0.25, 0.3) is 11.5 Å². The van der Waals surface area contributed by atoms with E-state index in [0.717, 1.165) is 30.8 Å². The summed E-state index contributed by atoms with van der Waals surface area (Å²) in [6.45, 7) is 3.49. The molecule has 0 unspecified atom stereocenters. The smallest absolute Gasteiger partial charge is 0.345 e. The van der Waals surface area contributed by atoms with Crippen molar-refractivity contribution in [3.05, 3.63) is 81.4 Å². The van der Waals surface area contributed by atoms with Crippen LogP contribution in [0.4, 0.5) is 13.2 Å². The van der Waals surface area contributed by atoms with Gasteiger partial charge in [-0.1, -0.05) is 6.07 Å². The average molecular weight is 443 g/mol. The van der Waals surface area contributed by atoms with E-state index in [2.05, 4.69) is 20.3 Å². The zero-order valence-corrected chi connectivity index (χ0v) is 17.3. The van der Waals surface area contributed by atoms with Crippen LogP contribution < -0.4 is 10.9 Å². The van der Waals surface area contributed by atoms with Gasteiger partial charge in [-0.05, 0) is 50.3 Å². The maximum absolute atomic E-state index is 13.0. The summed E-state index contributed by atoms with van der Waals surface area (Å²) in [4.78, 5) is 36.8. The molecule has 7 nitrogen and oxygen atoms in total. The number of hydrogen-bond donors (Lipinski definition) is 1. The van der Waals surface area contributed by atoms with Gasteiger partial charge < -0.3 is 5.32 Å². The lowest BCUT2D eigenvalue weighted by atomic mass is 10.1. The second kappa shape index (κ2) is 8.18. The third-order valence-electron chi connectivity index (χ3n) is 5.24. The van der Waals surface area contributed by atoms with Crippen molar-refractivity contribution in [2.45, 2.75) is 44.8 Å². The van der Waals surface area contributed by atoms with Crippen LogP contribution >= 0.6 is 0 Å². The number of aryl methyl sites for hydroxylation is 1. The van der Waals surface area contributed by atoms with E-state index < -0.39 is 23.9 Å². The first-order valence-electron chi connectivity index (χ1n) is 10.0. The molecule has 1 N–H and O–H groups in total. The molecule has 1 atom stereocenters. The van der Waals surface area contributed by atoms with Gasteiger partial charge in [-0.2, -0.15) is 13.2 Å². The number of nitrogens with zero attached hydrogens (tertiary/aromatic N) is 4. The molecule has 0 bridgehead atoms. The number of rotatable bonds is 5. The molecule has 3 aromatic heterocycles. The minimum atomic E-state index is -4.64. The summed E-state index contributed by atoms with van der Waals surface area (Å²) in [5, 5.41) is 2.73. The maximum Gasteiger partial charge on any atom is 0.451 e. The third kappa shape index (κ3) is 4.53. The van der Waals surface area contributed by atoms with E-state index in [1.807, 2.05) is 13.0 Å². The molecule has 10 heteroatoms. The fourth-order valence-electron chi connectivity index (χ4n) is 3.26. The Labute approximate surface area is 181 Å². The number of nitrogens with one attached hydrogen (secondary N) is 1. The molecule has 1 aliphatic carbocycles. The van der Waals surface area contributed by atoms with Crippen LogP contribution in [0, 0.1) is 6.92 Å². The SMILES string of the molecule is Cc1ccc(-n2cc(C(=O)N[C@H](C)c3cnc(C(F)(F)F)nc3)cc(C3CC3)c2=O)nc1. The van der Waals surface area contributed by atoms with Crippen LogP contribution in [0.15, 0.2) is 47.8 Å². The minimum Gasteiger partial charge on any atom is -0.345 e. The molecule has 3 heterocycles. The zero-order chi connectivity index (χ0) is 23.0. The van der Waals surface area contributed by atoms with Crippen molar-refractivity contribution >= 4 is 5.91 Å². The molecule has 0 spiro atoms. The van der Waals surface area contributed by atoms with Gasteiger partial charge >= 0.3 is 6.18 Å². The molecule has 0 aromatic carbocycles. The van der Waals surface area contributed by atoms with E-state index in [1.165, 1.54) is 10.8 Å². The van der Waals surface area contributed by atoms with Gasteiger partial charge in [0.05, 0.1) is 11.6 Å². The predicted molar refractivity (Wildman–Crippen MR) is 109 cm³/mol. The lowest BCUT2D eigenvalue weighted by molar-refractivity contribution is -0.145. The van der Waals surface area contributed by atoms with E-state index in [9.17, 15) is 22.8 Å². The standard InChI is InChI=1S/C22H20F3N5O2/c1-12-3-6-18(26-8-12)30-11-15(7-17(20(30)32)14-4-5-14)19(31)29-13(2)16-9-27-21(28-10-16)22(23,24)25/h3,6-11,13-14H,4-5H2,1-2H3,(H,29,31)/t13-/m1/s1. The summed E-state index contributed by atoms with van der Waals surface area (Å²) in [7, 11) is 0. The highest BCUT2D eigenvalue weighted by molar-refractivity contribution is 5.94. The van der Waals surface area contributed by atoms with E-state index in [0.29, 0.717) is 16.9 Å². The molecule has 1 fully saturated rings.